The molecule has 0 N–H and O–H groups in total. The first kappa shape index (κ1) is 22.6. The lowest BCUT2D eigenvalue weighted by atomic mass is 9.85. The highest BCUT2D eigenvalue weighted by atomic mass is 16.6. The molecule has 1 atom stereocenters. The van der Waals surface area contributed by atoms with Crippen LogP contribution in [-0.2, 0) is 20.7 Å². The molecule has 0 fully saturated rings. The lowest BCUT2D eigenvalue weighted by molar-refractivity contribution is -0.140. The van der Waals surface area contributed by atoms with Crippen molar-refractivity contribution in [2.75, 3.05) is 19.7 Å². The van der Waals surface area contributed by atoms with Crippen LogP contribution < -0.4 is 0 Å². The van der Waals surface area contributed by atoms with Gasteiger partial charge in [-0.1, -0.05) is 36.3 Å². The lowest BCUT2D eigenvalue weighted by Gasteiger charge is -2.42. The molecule has 1 aromatic carbocycles. The molecule has 3 heterocycles. The number of esters is 1. The zero-order chi connectivity index (χ0) is 23.0. The van der Waals surface area contributed by atoms with Crippen molar-refractivity contribution in [1.29, 1.82) is 0 Å². The van der Waals surface area contributed by atoms with Gasteiger partial charge < -0.3 is 9.47 Å². The summed E-state index contributed by atoms with van der Waals surface area (Å²) in [5.41, 5.74) is 5.44. The standard InChI is InChI=1S/C26H34N2O4/c1-6-18-16-27-13-11-21-20-9-7-8-10-22(20)28(25(30)32-26(3,4)5)24(21)23(27)15-19(18)12-14-31-17(2)29/h7-10,23H,6,11-16H2,1-5H3. The lowest BCUT2D eigenvalue weighted by Crippen LogP contribution is -2.42. The predicted octanol–water partition coefficient (Wildman–Crippen LogP) is 5.39. The second-order valence-corrected chi connectivity index (χ2v) is 9.79. The Labute approximate surface area is 190 Å². The first-order valence-electron chi connectivity index (χ1n) is 11.6. The average molecular weight is 439 g/mol. The van der Waals surface area contributed by atoms with Crippen LogP contribution >= 0.6 is 0 Å². The van der Waals surface area contributed by atoms with E-state index < -0.39 is 5.60 Å². The van der Waals surface area contributed by atoms with Crippen LogP contribution in [-0.4, -0.2) is 46.8 Å². The molecule has 0 saturated heterocycles. The van der Waals surface area contributed by atoms with Crippen LogP contribution in [0.5, 0.6) is 0 Å². The maximum atomic E-state index is 13.4. The number of benzene rings is 1. The van der Waals surface area contributed by atoms with Crippen molar-refractivity contribution in [3.05, 3.63) is 46.7 Å². The third-order valence-electron chi connectivity index (χ3n) is 6.47. The maximum Gasteiger partial charge on any atom is 0.419 e. The molecule has 172 valence electrons. The van der Waals surface area contributed by atoms with Gasteiger partial charge >= 0.3 is 12.1 Å². The Balaban J connectivity index is 1.77. The molecule has 6 nitrogen and oxygen atoms in total. The number of hydrogen-bond donors (Lipinski definition) is 0. The van der Waals surface area contributed by atoms with Gasteiger partial charge in [0.2, 0.25) is 0 Å². The van der Waals surface area contributed by atoms with E-state index in [1.165, 1.54) is 23.6 Å². The third kappa shape index (κ3) is 4.33. The molecule has 0 bridgehead atoms. The van der Waals surface area contributed by atoms with Crippen molar-refractivity contribution in [2.45, 2.75) is 71.9 Å². The van der Waals surface area contributed by atoms with E-state index in [0.717, 1.165) is 55.4 Å². The molecule has 32 heavy (non-hydrogen) atoms. The molecule has 1 unspecified atom stereocenters. The smallest absolute Gasteiger partial charge is 0.419 e. The minimum absolute atomic E-state index is 0.112. The van der Waals surface area contributed by atoms with E-state index in [9.17, 15) is 9.59 Å². The first-order chi connectivity index (χ1) is 15.2. The number of aromatic nitrogens is 1. The molecule has 2 aromatic rings. The Bertz CT molecular complexity index is 1070. The summed E-state index contributed by atoms with van der Waals surface area (Å²) < 4.78 is 12.9. The molecule has 1 aromatic heterocycles. The van der Waals surface area contributed by atoms with Gasteiger partial charge in [-0.3, -0.25) is 9.69 Å². The monoisotopic (exact) mass is 438 g/mol. The number of nitrogens with zero attached hydrogens (tertiary/aromatic N) is 2. The molecular weight excluding hydrogens is 404 g/mol. The topological polar surface area (TPSA) is 60.8 Å². The van der Waals surface area contributed by atoms with Crippen molar-refractivity contribution >= 4 is 23.0 Å². The molecule has 4 rings (SSSR count). The average Bonchev–Trinajstić information content (AvgIpc) is 3.06. The van der Waals surface area contributed by atoms with Gasteiger partial charge in [0, 0.05) is 31.8 Å². The minimum Gasteiger partial charge on any atom is -0.466 e. The number of hydrogen-bond acceptors (Lipinski definition) is 5. The van der Waals surface area contributed by atoms with Gasteiger partial charge in [0.1, 0.15) is 5.60 Å². The van der Waals surface area contributed by atoms with E-state index in [4.69, 9.17) is 9.47 Å². The molecule has 0 amide bonds. The second kappa shape index (κ2) is 8.74. The van der Waals surface area contributed by atoms with Gasteiger partial charge in [0.25, 0.3) is 0 Å². The van der Waals surface area contributed by atoms with E-state index in [-0.39, 0.29) is 18.1 Å². The van der Waals surface area contributed by atoms with Crippen LogP contribution in [0.15, 0.2) is 35.4 Å². The highest BCUT2D eigenvalue weighted by Gasteiger charge is 2.38. The zero-order valence-electron chi connectivity index (χ0n) is 19.9. The van der Waals surface area contributed by atoms with Gasteiger partial charge in [0.15, 0.2) is 0 Å². The molecule has 0 spiro atoms. The number of carbonyl (C=O) groups excluding carboxylic acids is 2. The van der Waals surface area contributed by atoms with E-state index in [2.05, 4.69) is 17.9 Å². The molecule has 6 heteroatoms. The Morgan fingerprint density at radius 3 is 2.59 bits per heavy atom. The maximum absolute atomic E-state index is 13.4. The SMILES string of the molecule is CCC1=C(CCOC(C)=O)CC2c3c(c4ccccc4n3C(=O)OC(C)(C)C)CCN2C1. The first-order valence-corrected chi connectivity index (χ1v) is 11.6. The fourth-order valence-electron chi connectivity index (χ4n) is 5.14. The van der Waals surface area contributed by atoms with E-state index in [1.807, 2.05) is 43.5 Å². The Hall–Kier alpha value is -2.60. The molecule has 0 saturated carbocycles. The highest BCUT2D eigenvalue weighted by molar-refractivity contribution is 5.94. The van der Waals surface area contributed by atoms with Crippen molar-refractivity contribution < 1.29 is 19.1 Å². The molecule has 0 radical (unpaired) electrons. The van der Waals surface area contributed by atoms with Crippen molar-refractivity contribution in [3.8, 4) is 0 Å². The Kier molecular flexibility index (Phi) is 6.17. The van der Waals surface area contributed by atoms with E-state index in [1.54, 1.807) is 0 Å². The molecule has 2 aliphatic rings. The summed E-state index contributed by atoms with van der Waals surface area (Å²) in [7, 11) is 0. The van der Waals surface area contributed by atoms with E-state index >= 15 is 0 Å². The molecule has 0 aliphatic carbocycles. The van der Waals surface area contributed by atoms with Crippen LogP contribution in [0.3, 0.4) is 0 Å². The number of fused-ring (bicyclic) bond motifs is 5. The van der Waals surface area contributed by atoms with Gasteiger partial charge in [-0.2, -0.15) is 0 Å². The van der Waals surface area contributed by atoms with Gasteiger partial charge in [0.05, 0.1) is 23.9 Å². The summed E-state index contributed by atoms with van der Waals surface area (Å²) in [6.45, 7) is 11.6. The van der Waals surface area contributed by atoms with E-state index in [0.29, 0.717) is 6.61 Å². The zero-order valence-corrected chi connectivity index (χ0v) is 19.9. The number of rotatable bonds is 4. The van der Waals surface area contributed by atoms with Crippen molar-refractivity contribution in [3.63, 3.8) is 0 Å². The van der Waals surface area contributed by atoms with Crippen molar-refractivity contribution in [1.82, 2.24) is 9.47 Å². The highest BCUT2D eigenvalue weighted by Crippen LogP contribution is 2.44. The van der Waals surface area contributed by atoms with Crippen LogP contribution in [0.4, 0.5) is 4.79 Å². The fraction of sp³-hybridized carbons (Fsp3) is 0.538. The Morgan fingerprint density at radius 2 is 1.91 bits per heavy atom. The van der Waals surface area contributed by atoms with Crippen LogP contribution in [0.2, 0.25) is 0 Å². The summed E-state index contributed by atoms with van der Waals surface area (Å²) in [5, 5.41) is 1.14. The quantitative estimate of drug-likeness (QED) is 0.473. The molecular formula is C26H34N2O4. The summed E-state index contributed by atoms with van der Waals surface area (Å²) in [6.07, 6.45) is 3.18. The van der Waals surface area contributed by atoms with Gasteiger partial charge in [-0.05, 0) is 51.7 Å². The largest absolute Gasteiger partial charge is 0.466 e. The Morgan fingerprint density at radius 1 is 1.16 bits per heavy atom. The third-order valence-corrected chi connectivity index (χ3v) is 6.47. The fourth-order valence-corrected chi connectivity index (χ4v) is 5.14. The summed E-state index contributed by atoms with van der Waals surface area (Å²) in [4.78, 5) is 27.1. The number of para-hydroxylation sites is 1. The van der Waals surface area contributed by atoms with Crippen LogP contribution in [0.1, 0.15) is 71.2 Å². The van der Waals surface area contributed by atoms with Gasteiger partial charge in [-0.15, -0.1) is 0 Å². The summed E-state index contributed by atoms with van der Waals surface area (Å²) in [6, 6.07) is 8.26. The molecule has 2 aliphatic heterocycles. The summed E-state index contributed by atoms with van der Waals surface area (Å²) in [5.74, 6) is -0.244. The number of carbonyl (C=O) groups is 2. The van der Waals surface area contributed by atoms with Gasteiger partial charge in [-0.25, -0.2) is 9.36 Å². The normalized spacial score (nSPS) is 19.0. The predicted molar refractivity (Wildman–Crippen MR) is 125 cm³/mol. The number of ether oxygens (including phenoxy) is 2. The minimum atomic E-state index is -0.569. The second-order valence-electron chi connectivity index (χ2n) is 9.79. The van der Waals surface area contributed by atoms with Crippen LogP contribution in [0, 0.1) is 0 Å². The van der Waals surface area contributed by atoms with Crippen LogP contribution in [0.25, 0.3) is 10.9 Å². The summed E-state index contributed by atoms with van der Waals surface area (Å²) >= 11 is 0. The van der Waals surface area contributed by atoms with Crippen molar-refractivity contribution in [2.24, 2.45) is 0 Å².